The maximum absolute atomic E-state index is 14.6. The van der Waals surface area contributed by atoms with Crippen molar-refractivity contribution in [1.82, 2.24) is 29.4 Å². The molecule has 5 N–H and O–H groups in total. The Labute approximate surface area is 550 Å². The fraction of sp³-hybridized carbons (Fsp3) is 0.418. The van der Waals surface area contributed by atoms with Crippen LogP contribution in [0.5, 0.6) is 5.88 Å². The van der Waals surface area contributed by atoms with E-state index in [1.165, 1.54) is 23.5 Å². The van der Waals surface area contributed by atoms with Crippen molar-refractivity contribution >= 4 is 96.8 Å². The molecule has 4 aliphatic heterocycles. The Bertz CT molecular complexity index is 4550. The number of rotatable bonds is 27. The van der Waals surface area contributed by atoms with Gasteiger partial charge in [0.25, 0.3) is 30.4 Å². The molecule has 6 heterocycles. The van der Waals surface area contributed by atoms with Crippen molar-refractivity contribution in [2.75, 3.05) is 81.7 Å². The lowest BCUT2D eigenvalue weighted by Gasteiger charge is -2.27. The van der Waals surface area contributed by atoms with Gasteiger partial charge in [-0.15, -0.1) is 0 Å². The van der Waals surface area contributed by atoms with Gasteiger partial charge >= 0.3 is 6.03 Å². The molecule has 3 amide bonds. The highest BCUT2D eigenvalue weighted by Gasteiger charge is 2.46. The summed E-state index contributed by atoms with van der Waals surface area (Å²) in [5.74, 6) is 0.102. The quantitative estimate of drug-likeness (QED) is 0.0182. The van der Waals surface area contributed by atoms with Gasteiger partial charge in [0.05, 0.1) is 39.9 Å². The van der Waals surface area contributed by atoms with E-state index >= 15 is 0 Å². The molecule has 94 heavy (non-hydrogen) atoms. The van der Waals surface area contributed by atoms with Gasteiger partial charge in [-0.1, -0.05) is 62.4 Å². The van der Waals surface area contributed by atoms with Crippen molar-refractivity contribution in [2.24, 2.45) is 0 Å². The Hall–Kier alpha value is -7.63. The molecule has 1 saturated heterocycles. The van der Waals surface area contributed by atoms with E-state index in [4.69, 9.17) is 9.72 Å². The van der Waals surface area contributed by atoms with Crippen LogP contribution in [-0.4, -0.2) is 165 Å². The Morgan fingerprint density at radius 3 is 2.31 bits per heavy atom. The first kappa shape index (κ1) is 69.2. The number of nitrogens with zero attached hydrogens (tertiary/aromatic N) is 7. The molecule has 0 saturated carbocycles. The second-order valence-corrected chi connectivity index (χ2v) is 31.9. The second kappa shape index (κ2) is 27.6. The summed E-state index contributed by atoms with van der Waals surface area (Å²) in [6, 6.07) is 22.3. The highest BCUT2D eigenvalue weighted by Crippen LogP contribution is 2.52. The number of sulfonamides is 1. The molecule has 4 aliphatic rings. The lowest BCUT2D eigenvalue weighted by Crippen LogP contribution is -2.34. The van der Waals surface area contributed by atoms with Crippen LogP contribution in [0.4, 0.5) is 22.0 Å². The van der Waals surface area contributed by atoms with Crippen LogP contribution in [0.3, 0.4) is 0 Å². The Kier molecular flexibility index (Phi) is 20.3. The molecule has 1 fully saturated rings. The molecular formula is C67H82N9O14S4+. The molecule has 6 aromatic rings. The van der Waals surface area contributed by atoms with Gasteiger partial charge in [0.15, 0.2) is 5.71 Å². The number of fused-ring (bicyclic) bond motifs is 7. The minimum Gasteiger partial charge on any atom is -0.481 e. The number of methoxy groups -OCH3 is 1. The van der Waals surface area contributed by atoms with Crippen LogP contribution >= 0.6 is 0 Å². The first-order valence-corrected chi connectivity index (χ1v) is 37.5. The van der Waals surface area contributed by atoms with E-state index in [0.29, 0.717) is 60.2 Å². The van der Waals surface area contributed by atoms with E-state index in [-0.39, 0.29) is 79.6 Å². The van der Waals surface area contributed by atoms with Gasteiger partial charge in [-0.25, -0.2) is 27.5 Å². The zero-order valence-electron chi connectivity index (χ0n) is 53.9. The lowest BCUT2D eigenvalue weighted by atomic mass is 9.79. The van der Waals surface area contributed by atoms with E-state index in [2.05, 4.69) is 21.7 Å². The van der Waals surface area contributed by atoms with Crippen molar-refractivity contribution in [3.05, 3.63) is 155 Å². The summed E-state index contributed by atoms with van der Waals surface area (Å²) in [6.07, 6.45) is 14.4. The molecule has 2 aromatic heterocycles. The average molecular weight is 1370 g/mol. The number of aryl methyl sites for hydroxylation is 2. The number of carbonyl (C=O) groups is 2. The number of amides is 3. The van der Waals surface area contributed by atoms with E-state index in [0.717, 1.165) is 81.2 Å². The summed E-state index contributed by atoms with van der Waals surface area (Å²) in [5.41, 5.74) is 6.57. The average Bonchev–Trinajstić information content (AvgIpc) is 1.55. The summed E-state index contributed by atoms with van der Waals surface area (Å²) < 4.78 is 139. The number of aromatic nitrogens is 2. The Morgan fingerprint density at radius 2 is 1.59 bits per heavy atom. The summed E-state index contributed by atoms with van der Waals surface area (Å²) in [5, 5.41) is 8.89. The fourth-order valence-electron chi connectivity index (χ4n) is 13.6. The SMILES string of the molecule is COc1ccc([C@H](C)N2CCN(CCCc3nc4c(cc3CNC(=O)CCCN(C)S(=O)(=O)c3cccc5c6c(ccc35)N(CCCS(=O)(=O)O)C(=CC=CC=CC3=[N+](CCCS(=O)(=O)O)c5ccc7ccc(S(=O)(=O)O)cc7c5C3(C)C)C6(C)C)CCCN4)C2=O)cn1. The molecule has 0 spiro atoms. The first-order chi connectivity index (χ1) is 44.4. The van der Waals surface area contributed by atoms with Crippen molar-refractivity contribution in [2.45, 2.75) is 119 Å². The van der Waals surface area contributed by atoms with E-state index in [9.17, 15) is 56.9 Å². The first-order valence-electron chi connectivity index (χ1n) is 31.4. The minimum absolute atomic E-state index is 0.0344. The van der Waals surface area contributed by atoms with Gasteiger partial charge in [0.2, 0.25) is 27.5 Å². The van der Waals surface area contributed by atoms with Crippen LogP contribution in [-0.2, 0) is 75.4 Å². The second-order valence-electron chi connectivity index (χ2n) is 25.4. The zero-order chi connectivity index (χ0) is 67.7. The third kappa shape index (κ3) is 14.9. The maximum Gasteiger partial charge on any atom is 0.320 e. The molecule has 1 atom stereocenters. The number of anilines is 2. The van der Waals surface area contributed by atoms with Crippen LogP contribution in [0.15, 0.2) is 131 Å². The fourth-order valence-corrected chi connectivity index (χ4v) is 16.5. The predicted octanol–water partition coefficient (Wildman–Crippen LogP) is 9.27. The number of carbonyl (C=O) groups excluding carboxylic acids is 2. The molecule has 502 valence electrons. The van der Waals surface area contributed by atoms with Crippen LogP contribution in [0.1, 0.15) is 113 Å². The van der Waals surface area contributed by atoms with Gasteiger partial charge in [0, 0.05) is 124 Å². The number of ether oxygens (including phenoxy) is 1. The third-order valence-electron chi connectivity index (χ3n) is 18.4. The van der Waals surface area contributed by atoms with Crippen molar-refractivity contribution in [3.63, 3.8) is 0 Å². The molecular weight excluding hydrogens is 1280 g/mol. The Morgan fingerprint density at radius 1 is 0.830 bits per heavy atom. The van der Waals surface area contributed by atoms with E-state index < -0.39 is 62.7 Å². The van der Waals surface area contributed by atoms with Crippen molar-refractivity contribution in [3.8, 4) is 5.88 Å². The molecule has 0 radical (unpaired) electrons. The zero-order valence-corrected chi connectivity index (χ0v) is 57.1. The summed E-state index contributed by atoms with van der Waals surface area (Å²) in [4.78, 5) is 41.9. The normalized spacial score (nSPS) is 17.3. The van der Waals surface area contributed by atoms with Gasteiger partial charge < -0.3 is 30.1 Å². The minimum atomic E-state index is -4.55. The molecule has 0 aliphatic carbocycles. The molecule has 23 nitrogen and oxygen atoms in total. The molecule has 0 bridgehead atoms. The predicted molar refractivity (Wildman–Crippen MR) is 362 cm³/mol. The summed E-state index contributed by atoms with van der Waals surface area (Å²) >= 11 is 0. The third-order valence-corrected chi connectivity index (χ3v) is 22.7. The molecule has 27 heteroatoms. The Balaban J connectivity index is 0.824. The number of hydrogen-bond donors (Lipinski definition) is 5. The van der Waals surface area contributed by atoms with Crippen LogP contribution in [0, 0.1) is 0 Å². The van der Waals surface area contributed by atoms with Gasteiger partial charge in [-0.2, -0.15) is 29.8 Å². The van der Waals surface area contributed by atoms with Gasteiger partial charge in [0.1, 0.15) is 12.4 Å². The van der Waals surface area contributed by atoms with E-state index in [1.54, 1.807) is 55.8 Å². The number of hydrogen-bond acceptors (Lipinski definition) is 15. The number of allylic oxidation sites excluding steroid dienone is 6. The monoisotopic (exact) mass is 1360 g/mol. The smallest absolute Gasteiger partial charge is 0.320 e. The lowest BCUT2D eigenvalue weighted by molar-refractivity contribution is -0.437. The number of nitrogens with one attached hydrogen (secondary N) is 2. The summed E-state index contributed by atoms with van der Waals surface area (Å²) in [7, 11) is -14.3. The van der Waals surface area contributed by atoms with Crippen LogP contribution in [0.25, 0.3) is 21.5 Å². The van der Waals surface area contributed by atoms with Gasteiger partial charge in [-0.05, 0) is 140 Å². The topological polar surface area (TPSA) is 306 Å². The number of pyridine rings is 2. The summed E-state index contributed by atoms with van der Waals surface area (Å²) in [6.45, 7) is 13.1. The van der Waals surface area contributed by atoms with E-state index in [1.807, 2.05) is 102 Å². The standard InChI is InChI=1S/C67H81N9O14S4/c1-45(48-26-31-61(90-7)70-43-48)74-38-37-73(65(74)78)34-13-19-54-49(41-47-17-12-32-68-64(47)71-54)44-69-60(77)23-14-33-72(6)93(85,86)57-20-11-18-52-51(57)28-30-56-62(52)66(2,3)58(76(56)36-16-40-92(82,83)84)21-9-8-10-22-59-67(4,5)63-53-42-50(94(87,88)89)27-24-46(53)25-29-55(63)75(59)35-15-39-91(79,80)81/h8-11,18,20-22,24-31,41-43,45H,12-17,19,23,32-40,44H2,1-7H3,(H4-,68,69,71,77,79,80,81,82,83,84,87,88,89)/p+1/t45-/m0/s1. The molecule has 0 unspecified atom stereocenters. The highest BCUT2D eigenvalue weighted by molar-refractivity contribution is 7.89. The van der Waals surface area contributed by atoms with Crippen molar-refractivity contribution in [1.29, 1.82) is 0 Å². The number of benzene rings is 4. The highest BCUT2D eigenvalue weighted by atomic mass is 32.2. The molecule has 4 aromatic carbocycles. The van der Waals surface area contributed by atoms with Gasteiger partial charge in [-0.3, -0.25) is 18.5 Å². The van der Waals surface area contributed by atoms with Crippen molar-refractivity contribution < 1.29 is 66.2 Å². The van der Waals surface area contributed by atoms with Crippen LogP contribution < -0.4 is 20.3 Å². The molecule has 10 rings (SSSR count). The largest absolute Gasteiger partial charge is 0.481 e. The number of urea groups is 1. The van der Waals surface area contributed by atoms with Crippen LogP contribution in [0.2, 0.25) is 0 Å². The maximum atomic E-state index is 14.6.